The number of amides is 1. The summed E-state index contributed by atoms with van der Waals surface area (Å²) in [5.74, 6) is -0.789. The largest absolute Gasteiger partial charge is 0.405 e. The number of carbonyl (C=O) groups excluding carboxylic acids is 1. The predicted octanol–water partition coefficient (Wildman–Crippen LogP) is 3.08. The minimum absolute atomic E-state index is 0.322. The molecule has 0 aliphatic heterocycles. The van der Waals surface area contributed by atoms with E-state index in [0.717, 1.165) is 0 Å². The molecule has 0 atom stereocenters. The minimum atomic E-state index is -4.43. The molecule has 0 bridgehead atoms. The van der Waals surface area contributed by atoms with Gasteiger partial charge in [-0.25, -0.2) is 0 Å². The number of halogens is 5. The van der Waals surface area contributed by atoms with E-state index in [0.29, 0.717) is 15.7 Å². The van der Waals surface area contributed by atoms with Crippen LogP contribution in [0.3, 0.4) is 0 Å². The first-order valence-corrected chi connectivity index (χ1v) is 5.56. The van der Waals surface area contributed by atoms with Gasteiger partial charge in [0.25, 0.3) is 0 Å². The summed E-state index contributed by atoms with van der Waals surface area (Å²) in [5, 5.41) is 5.04. The van der Waals surface area contributed by atoms with Crippen molar-refractivity contribution in [1.29, 1.82) is 0 Å². The summed E-state index contributed by atoms with van der Waals surface area (Å²) in [7, 11) is 0. The van der Waals surface area contributed by atoms with Crippen LogP contribution in [-0.4, -0.2) is 25.2 Å². The molecular weight excluding hydrogens is 292 g/mol. The van der Waals surface area contributed by atoms with Crippen LogP contribution in [-0.2, 0) is 4.79 Å². The van der Waals surface area contributed by atoms with Gasteiger partial charge < -0.3 is 10.6 Å². The molecule has 0 aromatic heterocycles. The highest BCUT2D eigenvalue weighted by Gasteiger charge is 2.27. The molecule has 2 N–H and O–H groups in total. The number of carbonyl (C=O) groups is 1. The number of rotatable bonds is 4. The molecule has 0 heterocycles. The van der Waals surface area contributed by atoms with Gasteiger partial charge in [-0.1, -0.05) is 23.2 Å². The Labute approximate surface area is 111 Å². The lowest BCUT2D eigenvalue weighted by molar-refractivity contribution is -0.137. The second-order valence-corrected chi connectivity index (χ2v) is 4.21. The zero-order chi connectivity index (χ0) is 13.8. The summed E-state index contributed by atoms with van der Waals surface area (Å²) in [5.41, 5.74) is 0.381. The Kier molecular flexibility index (Phi) is 5.10. The van der Waals surface area contributed by atoms with E-state index in [1.807, 2.05) is 0 Å². The molecule has 0 radical (unpaired) electrons. The number of nitrogens with one attached hydrogen (secondary N) is 2. The number of hydrogen-bond acceptors (Lipinski definition) is 2. The maximum Gasteiger partial charge on any atom is 0.405 e. The van der Waals surface area contributed by atoms with E-state index in [4.69, 9.17) is 23.2 Å². The Hall–Kier alpha value is -1.14. The van der Waals surface area contributed by atoms with Gasteiger partial charge in [-0.15, -0.1) is 0 Å². The fraction of sp³-hybridized carbons (Fsp3) is 0.300. The van der Waals surface area contributed by atoms with Gasteiger partial charge in [0.05, 0.1) is 17.3 Å². The van der Waals surface area contributed by atoms with E-state index in [1.165, 1.54) is 12.1 Å². The summed E-state index contributed by atoms with van der Waals surface area (Å²) < 4.78 is 35.5. The lowest BCUT2D eigenvalue weighted by Gasteiger charge is -2.10. The minimum Gasteiger partial charge on any atom is -0.375 e. The smallest absolute Gasteiger partial charge is 0.375 e. The van der Waals surface area contributed by atoms with Crippen LogP contribution >= 0.6 is 23.2 Å². The molecule has 0 saturated carbocycles. The standard InChI is InChI=1S/C10H9Cl2F3N2O/c11-6-1-2-7(12)8(3-6)16-4-9(18)17-5-10(13,14)15/h1-3,16H,4-5H2,(H,17,18). The maximum absolute atomic E-state index is 11.8. The van der Waals surface area contributed by atoms with Crippen molar-refractivity contribution in [2.75, 3.05) is 18.4 Å². The number of alkyl halides is 3. The van der Waals surface area contributed by atoms with Crippen molar-refractivity contribution in [1.82, 2.24) is 5.32 Å². The fourth-order valence-electron chi connectivity index (χ4n) is 1.07. The molecule has 0 aliphatic carbocycles. The summed E-state index contributed by atoms with van der Waals surface area (Å²) >= 11 is 11.5. The number of benzene rings is 1. The maximum atomic E-state index is 11.8. The molecule has 8 heteroatoms. The van der Waals surface area contributed by atoms with Crippen molar-refractivity contribution in [3.05, 3.63) is 28.2 Å². The average molecular weight is 301 g/mol. The Morgan fingerprint density at radius 3 is 2.56 bits per heavy atom. The van der Waals surface area contributed by atoms with Crippen LogP contribution < -0.4 is 10.6 Å². The van der Waals surface area contributed by atoms with Crippen molar-refractivity contribution >= 4 is 34.8 Å². The van der Waals surface area contributed by atoms with E-state index < -0.39 is 18.6 Å². The third kappa shape index (κ3) is 5.46. The SMILES string of the molecule is O=C(CNc1cc(Cl)ccc1Cl)NCC(F)(F)F. The molecule has 0 saturated heterocycles. The van der Waals surface area contributed by atoms with Crippen LogP contribution in [0.1, 0.15) is 0 Å². The van der Waals surface area contributed by atoms with Gasteiger partial charge in [0, 0.05) is 5.02 Å². The van der Waals surface area contributed by atoms with Crippen LogP contribution in [0.25, 0.3) is 0 Å². The molecule has 1 aromatic rings. The average Bonchev–Trinajstić information content (AvgIpc) is 2.26. The fourth-order valence-corrected chi connectivity index (χ4v) is 1.43. The lowest BCUT2D eigenvalue weighted by atomic mass is 10.3. The van der Waals surface area contributed by atoms with E-state index in [1.54, 1.807) is 11.4 Å². The van der Waals surface area contributed by atoms with Crippen LogP contribution in [0.2, 0.25) is 10.0 Å². The van der Waals surface area contributed by atoms with Gasteiger partial charge in [0.1, 0.15) is 6.54 Å². The van der Waals surface area contributed by atoms with E-state index in [-0.39, 0.29) is 6.54 Å². The van der Waals surface area contributed by atoms with Crippen LogP contribution in [0.5, 0.6) is 0 Å². The second-order valence-electron chi connectivity index (χ2n) is 3.37. The second kappa shape index (κ2) is 6.15. The van der Waals surface area contributed by atoms with Crippen LogP contribution in [0.15, 0.2) is 18.2 Å². The molecule has 100 valence electrons. The van der Waals surface area contributed by atoms with Gasteiger partial charge in [0.15, 0.2) is 0 Å². The molecule has 1 amide bonds. The molecule has 1 aromatic carbocycles. The summed E-state index contributed by atoms with van der Waals surface area (Å²) in [6.07, 6.45) is -4.43. The highest BCUT2D eigenvalue weighted by atomic mass is 35.5. The number of hydrogen-bond donors (Lipinski definition) is 2. The van der Waals surface area contributed by atoms with Crippen molar-refractivity contribution in [2.24, 2.45) is 0 Å². The Morgan fingerprint density at radius 1 is 1.28 bits per heavy atom. The van der Waals surface area contributed by atoms with E-state index >= 15 is 0 Å². The van der Waals surface area contributed by atoms with Gasteiger partial charge in [0.2, 0.25) is 5.91 Å². The summed E-state index contributed by atoms with van der Waals surface area (Å²) in [6.45, 7) is -1.69. The normalized spacial score (nSPS) is 11.2. The van der Waals surface area contributed by atoms with Crippen LogP contribution in [0, 0.1) is 0 Å². The van der Waals surface area contributed by atoms with Gasteiger partial charge in [-0.2, -0.15) is 13.2 Å². The predicted molar refractivity (Wildman–Crippen MR) is 64.0 cm³/mol. The third-order valence-corrected chi connectivity index (χ3v) is 2.42. The summed E-state index contributed by atoms with van der Waals surface area (Å²) in [6, 6.07) is 4.54. The van der Waals surface area contributed by atoms with Crippen molar-refractivity contribution in [2.45, 2.75) is 6.18 Å². The molecule has 0 fully saturated rings. The van der Waals surface area contributed by atoms with Gasteiger partial charge in [-0.05, 0) is 18.2 Å². The molecule has 18 heavy (non-hydrogen) atoms. The molecule has 0 spiro atoms. The molecule has 0 aliphatic rings. The third-order valence-electron chi connectivity index (χ3n) is 1.85. The van der Waals surface area contributed by atoms with Gasteiger partial charge >= 0.3 is 6.18 Å². The monoisotopic (exact) mass is 300 g/mol. The van der Waals surface area contributed by atoms with Crippen molar-refractivity contribution in [3.63, 3.8) is 0 Å². The molecular formula is C10H9Cl2F3N2O. The number of anilines is 1. The Morgan fingerprint density at radius 2 is 1.94 bits per heavy atom. The van der Waals surface area contributed by atoms with Gasteiger partial charge in [-0.3, -0.25) is 4.79 Å². The Bertz CT molecular complexity index is 438. The highest BCUT2D eigenvalue weighted by molar-refractivity contribution is 6.35. The van der Waals surface area contributed by atoms with Crippen molar-refractivity contribution in [3.8, 4) is 0 Å². The summed E-state index contributed by atoms with van der Waals surface area (Å²) in [4.78, 5) is 11.1. The zero-order valence-electron chi connectivity index (χ0n) is 8.94. The molecule has 0 unspecified atom stereocenters. The zero-order valence-corrected chi connectivity index (χ0v) is 10.5. The first-order chi connectivity index (χ1) is 8.28. The lowest BCUT2D eigenvalue weighted by Crippen LogP contribution is -2.37. The topological polar surface area (TPSA) is 41.1 Å². The van der Waals surface area contributed by atoms with Crippen LogP contribution in [0.4, 0.5) is 18.9 Å². The molecule has 3 nitrogen and oxygen atoms in total. The Balaban J connectivity index is 2.45. The quantitative estimate of drug-likeness (QED) is 0.897. The van der Waals surface area contributed by atoms with Crippen molar-refractivity contribution < 1.29 is 18.0 Å². The first kappa shape index (κ1) is 14.9. The molecule has 1 rings (SSSR count). The van der Waals surface area contributed by atoms with E-state index in [9.17, 15) is 18.0 Å². The van der Waals surface area contributed by atoms with E-state index in [2.05, 4.69) is 5.32 Å². The first-order valence-electron chi connectivity index (χ1n) is 4.80. The highest BCUT2D eigenvalue weighted by Crippen LogP contribution is 2.25.